The predicted molar refractivity (Wildman–Crippen MR) is 50.0 cm³/mol. The first kappa shape index (κ1) is 7.77. The van der Waals surface area contributed by atoms with Gasteiger partial charge in [-0.15, -0.1) is 0 Å². The van der Waals surface area contributed by atoms with E-state index >= 15 is 0 Å². The Hall–Kier alpha value is -0.863. The van der Waals surface area contributed by atoms with E-state index in [1.54, 1.807) is 0 Å². The standard InChI is InChI=1S/C10H10OSi/c1-2-5-9(6-3-1)10-7-4-8-12-11-10/h1-7,10H,8H2. The van der Waals surface area contributed by atoms with E-state index in [1.807, 2.05) is 18.2 Å². The van der Waals surface area contributed by atoms with E-state index in [0.717, 1.165) is 6.04 Å². The lowest BCUT2D eigenvalue weighted by Gasteiger charge is -2.16. The quantitative estimate of drug-likeness (QED) is 0.469. The lowest BCUT2D eigenvalue weighted by molar-refractivity contribution is 0.265. The molecule has 1 aromatic rings. The maximum atomic E-state index is 5.60. The summed E-state index contributed by atoms with van der Waals surface area (Å²) in [6, 6.07) is 11.4. The molecule has 0 spiro atoms. The molecule has 2 rings (SSSR count). The summed E-state index contributed by atoms with van der Waals surface area (Å²) in [7, 11) is 0.621. The van der Waals surface area contributed by atoms with Crippen LogP contribution < -0.4 is 0 Å². The zero-order valence-corrected chi connectivity index (χ0v) is 7.73. The Labute approximate surface area is 75.0 Å². The van der Waals surface area contributed by atoms with Gasteiger partial charge in [0.2, 0.25) is 9.76 Å². The van der Waals surface area contributed by atoms with Gasteiger partial charge in [-0.1, -0.05) is 42.5 Å². The van der Waals surface area contributed by atoms with Crippen molar-refractivity contribution in [2.45, 2.75) is 12.1 Å². The van der Waals surface area contributed by atoms with Gasteiger partial charge in [0.15, 0.2) is 0 Å². The fraction of sp³-hybridized carbons (Fsp3) is 0.200. The summed E-state index contributed by atoms with van der Waals surface area (Å²) < 4.78 is 5.60. The molecule has 1 aromatic carbocycles. The summed E-state index contributed by atoms with van der Waals surface area (Å²) in [6.07, 6.45) is 4.52. The van der Waals surface area contributed by atoms with Gasteiger partial charge in [0, 0.05) is 0 Å². The number of hydrogen-bond acceptors (Lipinski definition) is 1. The molecule has 1 heterocycles. The molecule has 1 aliphatic rings. The highest BCUT2D eigenvalue weighted by Crippen LogP contribution is 2.21. The summed E-state index contributed by atoms with van der Waals surface area (Å²) in [4.78, 5) is 0. The van der Waals surface area contributed by atoms with Gasteiger partial charge in [0.25, 0.3) is 0 Å². The van der Waals surface area contributed by atoms with E-state index in [1.165, 1.54) is 5.56 Å². The number of allylic oxidation sites excluding steroid dienone is 1. The second kappa shape index (κ2) is 3.69. The third-order valence-corrected chi connectivity index (χ3v) is 2.67. The van der Waals surface area contributed by atoms with Crippen LogP contribution >= 0.6 is 0 Å². The highest BCUT2D eigenvalue weighted by Gasteiger charge is 2.10. The minimum atomic E-state index is 0.193. The van der Waals surface area contributed by atoms with Gasteiger partial charge >= 0.3 is 0 Å². The van der Waals surface area contributed by atoms with E-state index in [0.29, 0.717) is 9.76 Å². The number of hydrogen-bond donors (Lipinski definition) is 0. The molecule has 0 fully saturated rings. The molecule has 0 saturated heterocycles. The first-order valence-electron chi connectivity index (χ1n) is 4.07. The maximum absolute atomic E-state index is 5.60. The molecule has 1 atom stereocenters. The van der Waals surface area contributed by atoms with Crippen LogP contribution in [0.3, 0.4) is 0 Å². The molecule has 60 valence electrons. The van der Waals surface area contributed by atoms with Gasteiger partial charge in [-0.05, 0) is 11.6 Å². The van der Waals surface area contributed by atoms with Gasteiger partial charge < -0.3 is 4.43 Å². The van der Waals surface area contributed by atoms with Crippen LogP contribution in [0.1, 0.15) is 11.7 Å². The fourth-order valence-electron chi connectivity index (χ4n) is 1.24. The molecule has 1 aliphatic heterocycles. The molecule has 0 saturated carbocycles. The topological polar surface area (TPSA) is 9.23 Å². The lowest BCUT2D eigenvalue weighted by atomic mass is 10.1. The Morgan fingerprint density at radius 2 is 2.08 bits per heavy atom. The van der Waals surface area contributed by atoms with Crippen molar-refractivity contribution < 1.29 is 4.43 Å². The largest absolute Gasteiger partial charge is 0.407 e. The fourth-order valence-corrected chi connectivity index (χ4v) is 1.96. The van der Waals surface area contributed by atoms with Crippen LogP contribution in [-0.4, -0.2) is 9.76 Å². The summed E-state index contributed by atoms with van der Waals surface area (Å²) in [5.41, 5.74) is 1.25. The molecule has 2 heteroatoms. The van der Waals surface area contributed by atoms with Crippen molar-refractivity contribution in [3.63, 3.8) is 0 Å². The molecule has 0 N–H and O–H groups in total. The summed E-state index contributed by atoms with van der Waals surface area (Å²) in [5, 5.41) is 0. The number of benzene rings is 1. The molecule has 0 aromatic heterocycles. The molecular weight excluding hydrogens is 164 g/mol. The molecule has 1 nitrogen and oxygen atoms in total. The minimum Gasteiger partial charge on any atom is -0.407 e. The van der Waals surface area contributed by atoms with Crippen molar-refractivity contribution in [2.24, 2.45) is 0 Å². The number of rotatable bonds is 1. The Morgan fingerprint density at radius 3 is 2.75 bits per heavy atom. The van der Waals surface area contributed by atoms with E-state index in [4.69, 9.17) is 4.43 Å². The van der Waals surface area contributed by atoms with Crippen LogP contribution in [0, 0.1) is 0 Å². The second-order valence-electron chi connectivity index (χ2n) is 2.73. The molecule has 2 radical (unpaired) electrons. The average molecular weight is 174 g/mol. The monoisotopic (exact) mass is 174 g/mol. The third kappa shape index (κ3) is 1.65. The summed E-state index contributed by atoms with van der Waals surface area (Å²) in [5.74, 6) is 0. The molecule has 12 heavy (non-hydrogen) atoms. The van der Waals surface area contributed by atoms with Crippen molar-refractivity contribution in [3.8, 4) is 0 Å². The molecule has 0 aliphatic carbocycles. The van der Waals surface area contributed by atoms with Crippen LogP contribution in [0.4, 0.5) is 0 Å². The van der Waals surface area contributed by atoms with Crippen LogP contribution in [0.2, 0.25) is 6.04 Å². The molecule has 0 bridgehead atoms. The van der Waals surface area contributed by atoms with E-state index < -0.39 is 0 Å². The highest BCUT2D eigenvalue weighted by atomic mass is 28.2. The van der Waals surface area contributed by atoms with E-state index in [9.17, 15) is 0 Å². The maximum Gasteiger partial charge on any atom is 0.235 e. The highest BCUT2D eigenvalue weighted by molar-refractivity contribution is 6.28. The lowest BCUT2D eigenvalue weighted by Crippen LogP contribution is -2.08. The molecule has 1 unspecified atom stereocenters. The first-order valence-corrected chi connectivity index (χ1v) is 5.18. The summed E-state index contributed by atoms with van der Waals surface area (Å²) in [6.45, 7) is 0. The van der Waals surface area contributed by atoms with Gasteiger partial charge in [-0.2, -0.15) is 0 Å². The zero-order chi connectivity index (χ0) is 8.23. The Kier molecular flexibility index (Phi) is 2.39. The third-order valence-electron chi connectivity index (χ3n) is 1.85. The van der Waals surface area contributed by atoms with Gasteiger partial charge in [-0.3, -0.25) is 0 Å². The van der Waals surface area contributed by atoms with Gasteiger partial charge in [-0.25, -0.2) is 0 Å². The van der Waals surface area contributed by atoms with Crippen LogP contribution in [-0.2, 0) is 4.43 Å². The van der Waals surface area contributed by atoms with E-state index in [-0.39, 0.29) is 6.10 Å². The second-order valence-corrected chi connectivity index (χ2v) is 3.66. The van der Waals surface area contributed by atoms with Crippen molar-refractivity contribution >= 4 is 9.76 Å². The Balaban J connectivity index is 2.19. The van der Waals surface area contributed by atoms with Crippen molar-refractivity contribution in [2.75, 3.05) is 0 Å². The zero-order valence-electron chi connectivity index (χ0n) is 6.73. The Morgan fingerprint density at radius 1 is 1.25 bits per heavy atom. The van der Waals surface area contributed by atoms with Crippen molar-refractivity contribution in [1.29, 1.82) is 0 Å². The SMILES string of the molecule is C1=CC(c2ccccc2)O[Si]C1. The first-order chi connectivity index (χ1) is 5.97. The smallest absolute Gasteiger partial charge is 0.235 e. The van der Waals surface area contributed by atoms with Gasteiger partial charge in [0.1, 0.15) is 0 Å². The van der Waals surface area contributed by atoms with Crippen LogP contribution in [0.25, 0.3) is 0 Å². The molecular formula is C10H10OSi. The predicted octanol–water partition coefficient (Wildman–Crippen LogP) is 2.35. The van der Waals surface area contributed by atoms with Crippen LogP contribution in [0.15, 0.2) is 42.5 Å². The average Bonchev–Trinajstić information content (AvgIpc) is 2.21. The van der Waals surface area contributed by atoms with Crippen LogP contribution in [0.5, 0.6) is 0 Å². The van der Waals surface area contributed by atoms with Crippen molar-refractivity contribution in [1.82, 2.24) is 0 Å². The summed E-state index contributed by atoms with van der Waals surface area (Å²) >= 11 is 0. The molecule has 0 amide bonds. The Bertz CT molecular complexity index is 268. The normalized spacial score (nSPS) is 22.5. The van der Waals surface area contributed by atoms with Gasteiger partial charge in [0.05, 0.1) is 6.10 Å². The van der Waals surface area contributed by atoms with E-state index in [2.05, 4.69) is 24.3 Å². The minimum absolute atomic E-state index is 0.193. The van der Waals surface area contributed by atoms with Crippen molar-refractivity contribution in [3.05, 3.63) is 48.0 Å².